The molecule has 0 aromatic rings. The fraction of sp³-hybridized carbons (Fsp3) is 0.818. The van der Waals surface area contributed by atoms with Gasteiger partial charge in [-0.25, -0.2) is 4.79 Å². The van der Waals surface area contributed by atoms with Gasteiger partial charge in [-0.05, 0) is 18.8 Å². The number of nitrogens with one attached hydrogen (secondary N) is 1. The number of hydrogen-bond acceptors (Lipinski definition) is 4. The highest BCUT2D eigenvalue weighted by Crippen LogP contribution is 2.15. The summed E-state index contributed by atoms with van der Waals surface area (Å²) in [7, 11) is 0. The number of nitrogens with zero attached hydrogens (tertiary/aromatic N) is 1. The maximum atomic E-state index is 11.6. The molecule has 100 valence electrons. The minimum absolute atomic E-state index is 0.0102. The summed E-state index contributed by atoms with van der Waals surface area (Å²) in [4.78, 5) is 11.6. The van der Waals surface area contributed by atoms with Crippen molar-refractivity contribution >= 4 is 11.9 Å². The standard InChI is InChI=1S/C11H23N3O3/c1-5-11(6-2,9(12)14-16)13-10(15)17-7-8(3)4/h8,16H,5-7H2,1-4H3,(H2,12,14)(H,13,15). The number of amides is 1. The molecule has 0 aromatic heterocycles. The van der Waals surface area contributed by atoms with Crippen molar-refractivity contribution in [2.45, 2.75) is 46.1 Å². The summed E-state index contributed by atoms with van der Waals surface area (Å²) in [6.45, 7) is 7.94. The van der Waals surface area contributed by atoms with Gasteiger partial charge in [0.25, 0.3) is 0 Å². The zero-order valence-corrected chi connectivity index (χ0v) is 11.0. The molecule has 0 unspecified atom stereocenters. The van der Waals surface area contributed by atoms with Gasteiger partial charge < -0.3 is 21.0 Å². The fourth-order valence-electron chi connectivity index (χ4n) is 1.42. The Morgan fingerprint density at radius 2 is 2.00 bits per heavy atom. The van der Waals surface area contributed by atoms with E-state index in [1.54, 1.807) is 0 Å². The van der Waals surface area contributed by atoms with E-state index in [0.29, 0.717) is 19.4 Å². The van der Waals surface area contributed by atoms with Crippen molar-refractivity contribution in [1.29, 1.82) is 0 Å². The lowest BCUT2D eigenvalue weighted by molar-refractivity contribution is 0.124. The van der Waals surface area contributed by atoms with Crippen LogP contribution >= 0.6 is 0 Å². The molecule has 0 spiro atoms. The second-order valence-electron chi connectivity index (χ2n) is 4.39. The lowest BCUT2D eigenvalue weighted by atomic mass is 9.92. The summed E-state index contributed by atoms with van der Waals surface area (Å²) in [6, 6.07) is 0. The van der Waals surface area contributed by atoms with Crippen molar-refractivity contribution < 1.29 is 14.7 Å². The molecule has 6 nitrogen and oxygen atoms in total. The number of oxime groups is 1. The molecule has 0 saturated carbocycles. The van der Waals surface area contributed by atoms with E-state index in [2.05, 4.69) is 10.5 Å². The molecule has 17 heavy (non-hydrogen) atoms. The number of amidine groups is 1. The van der Waals surface area contributed by atoms with Crippen molar-refractivity contribution in [1.82, 2.24) is 5.32 Å². The quantitative estimate of drug-likeness (QED) is 0.287. The Hall–Kier alpha value is -1.46. The molecule has 1 amide bonds. The molecule has 0 rings (SSSR count). The number of alkyl carbamates (subject to hydrolysis) is 1. The fourth-order valence-corrected chi connectivity index (χ4v) is 1.42. The van der Waals surface area contributed by atoms with Gasteiger partial charge in [-0.1, -0.05) is 32.9 Å². The molecule has 0 saturated heterocycles. The minimum atomic E-state index is -0.844. The average molecular weight is 245 g/mol. The van der Waals surface area contributed by atoms with Crippen LogP contribution in [0, 0.1) is 5.92 Å². The molecule has 0 atom stereocenters. The van der Waals surface area contributed by atoms with Crippen LogP contribution in [0.5, 0.6) is 0 Å². The van der Waals surface area contributed by atoms with Gasteiger partial charge in [0.05, 0.1) is 6.61 Å². The van der Waals surface area contributed by atoms with Gasteiger partial charge in [0.2, 0.25) is 0 Å². The Labute approximate surface area is 102 Å². The molecule has 0 radical (unpaired) electrons. The van der Waals surface area contributed by atoms with Gasteiger partial charge in [-0.15, -0.1) is 0 Å². The Kier molecular flexibility index (Phi) is 6.38. The first-order chi connectivity index (χ1) is 7.91. The van der Waals surface area contributed by atoms with Gasteiger partial charge in [-0.2, -0.15) is 0 Å². The number of hydrogen-bond donors (Lipinski definition) is 3. The van der Waals surface area contributed by atoms with Crippen molar-refractivity contribution in [3.63, 3.8) is 0 Å². The van der Waals surface area contributed by atoms with Gasteiger partial charge in [0.15, 0.2) is 5.84 Å². The number of nitrogens with two attached hydrogens (primary N) is 1. The maximum absolute atomic E-state index is 11.6. The van der Waals surface area contributed by atoms with Crippen LogP contribution in [0.1, 0.15) is 40.5 Å². The van der Waals surface area contributed by atoms with Gasteiger partial charge in [-0.3, -0.25) is 0 Å². The van der Waals surface area contributed by atoms with Crippen LogP contribution in [0.4, 0.5) is 4.79 Å². The predicted molar refractivity (Wildman–Crippen MR) is 66.0 cm³/mol. The van der Waals surface area contributed by atoms with E-state index < -0.39 is 11.6 Å². The Balaban J connectivity index is 4.60. The van der Waals surface area contributed by atoms with Crippen molar-refractivity contribution in [3.05, 3.63) is 0 Å². The van der Waals surface area contributed by atoms with Gasteiger partial charge in [0, 0.05) is 0 Å². The summed E-state index contributed by atoms with van der Waals surface area (Å²) >= 11 is 0. The molecule has 0 fully saturated rings. The largest absolute Gasteiger partial charge is 0.449 e. The van der Waals surface area contributed by atoms with Gasteiger partial charge in [0.1, 0.15) is 5.54 Å². The smallest absolute Gasteiger partial charge is 0.407 e. The monoisotopic (exact) mass is 245 g/mol. The molecular formula is C11H23N3O3. The zero-order valence-electron chi connectivity index (χ0n) is 11.0. The van der Waals surface area contributed by atoms with Crippen LogP contribution < -0.4 is 11.1 Å². The number of carbonyl (C=O) groups excluding carboxylic acids is 1. The lowest BCUT2D eigenvalue weighted by Crippen LogP contribution is -2.57. The molecule has 0 heterocycles. The van der Waals surface area contributed by atoms with E-state index in [4.69, 9.17) is 15.7 Å². The zero-order chi connectivity index (χ0) is 13.5. The number of carbonyl (C=O) groups is 1. The normalized spacial score (nSPS) is 12.6. The number of ether oxygens (including phenoxy) is 1. The minimum Gasteiger partial charge on any atom is -0.449 e. The Bertz CT molecular complexity index is 273. The SMILES string of the molecule is CCC(CC)(NC(=O)OCC(C)C)/C(N)=N/O. The highest BCUT2D eigenvalue weighted by molar-refractivity contribution is 5.92. The van der Waals surface area contributed by atoms with Crippen LogP contribution in [0.3, 0.4) is 0 Å². The van der Waals surface area contributed by atoms with Crippen LogP contribution in [0.2, 0.25) is 0 Å². The summed E-state index contributed by atoms with van der Waals surface area (Å²) < 4.78 is 5.02. The summed E-state index contributed by atoms with van der Waals surface area (Å²) in [6.07, 6.45) is 0.501. The van der Waals surface area contributed by atoms with Crippen molar-refractivity contribution in [2.24, 2.45) is 16.8 Å². The predicted octanol–water partition coefficient (Wildman–Crippen LogP) is 1.67. The molecule has 0 aliphatic carbocycles. The third kappa shape index (κ3) is 4.50. The third-order valence-corrected chi connectivity index (χ3v) is 2.69. The van der Waals surface area contributed by atoms with E-state index >= 15 is 0 Å². The van der Waals surface area contributed by atoms with E-state index in [0.717, 1.165) is 0 Å². The van der Waals surface area contributed by atoms with Crippen LogP contribution in [-0.2, 0) is 4.74 Å². The van der Waals surface area contributed by atoms with E-state index in [1.165, 1.54) is 0 Å². The topological polar surface area (TPSA) is 96.9 Å². The summed E-state index contributed by atoms with van der Waals surface area (Å²) in [5.74, 6) is 0.256. The maximum Gasteiger partial charge on any atom is 0.407 e. The number of rotatable bonds is 6. The molecular weight excluding hydrogens is 222 g/mol. The second kappa shape index (κ2) is 6.98. The van der Waals surface area contributed by atoms with Crippen LogP contribution in [0.15, 0.2) is 5.16 Å². The van der Waals surface area contributed by atoms with Crippen LogP contribution in [-0.4, -0.2) is 29.3 Å². The average Bonchev–Trinajstić information content (AvgIpc) is 2.32. The van der Waals surface area contributed by atoms with Crippen molar-refractivity contribution in [3.8, 4) is 0 Å². The lowest BCUT2D eigenvalue weighted by Gasteiger charge is -2.30. The highest BCUT2D eigenvalue weighted by Gasteiger charge is 2.33. The van der Waals surface area contributed by atoms with E-state index in [9.17, 15) is 4.79 Å². The van der Waals surface area contributed by atoms with Crippen LogP contribution in [0.25, 0.3) is 0 Å². The molecule has 0 bridgehead atoms. The Morgan fingerprint density at radius 1 is 1.47 bits per heavy atom. The van der Waals surface area contributed by atoms with E-state index in [1.807, 2.05) is 27.7 Å². The van der Waals surface area contributed by atoms with Gasteiger partial charge >= 0.3 is 6.09 Å². The van der Waals surface area contributed by atoms with E-state index in [-0.39, 0.29) is 11.8 Å². The second-order valence-corrected chi connectivity index (χ2v) is 4.39. The molecule has 0 aromatic carbocycles. The molecule has 6 heteroatoms. The Morgan fingerprint density at radius 3 is 2.35 bits per heavy atom. The van der Waals surface area contributed by atoms with Crippen molar-refractivity contribution in [2.75, 3.05) is 6.61 Å². The summed E-state index contributed by atoms with van der Waals surface area (Å²) in [5, 5.41) is 14.4. The molecule has 4 N–H and O–H groups in total. The first-order valence-electron chi connectivity index (χ1n) is 5.84. The first kappa shape index (κ1) is 15.5. The highest BCUT2D eigenvalue weighted by atomic mass is 16.5. The molecule has 0 aliphatic heterocycles. The molecule has 0 aliphatic rings. The third-order valence-electron chi connectivity index (χ3n) is 2.69. The summed E-state index contributed by atoms with van der Waals surface area (Å²) in [5.41, 5.74) is 4.76. The first-order valence-corrected chi connectivity index (χ1v) is 5.84.